The number of aryl methyl sites for hydroxylation is 1. The van der Waals surface area contributed by atoms with Gasteiger partial charge < -0.3 is 19.9 Å². The van der Waals surface area contributed by atoms with Crippen LogP contribution in [0.5, 0.6) is 5.75 Å². The van der Waals surface area contributed by atoms with E-state index in [1.165, 1.54) is 25.1 Å². The summed E-state index contributed by atoms with van der Waals surface area (Å²) in [5, 5.41) is 12.0. The summed E-state index contributed by atoms with van der Waals surface area (Å²) in [4.78, 5) is 24.2. The van der Waals surface area contributed by atoms with Gasteiger partial charge in [-0.1, -0.05) is 18.2 Å². The molecule has 1 aliphatic heterocycles. The molecule has 28 heavy (non-hydrogen) atoms. The zero-order chi connectivity index (χ0) is 20.1. The topological polar surface area (TPSA) is 84.9 Å². The molecule has 1 heterocycles. The number of aliphatic carboxylic acids is 1. The second kappa shape index (κ2) is 8.84. The monoisotopic (exact) mass is 387 g/mol. The lowest BCUT2D eigenvalue weighted by atomic mass is 10.0. The summed E-state index contributed by atoms with van der Waals surface area (Å²) >= 11 is 0. The highest BCUT2D eigenvalue weighted by atomic mass is 19.1. The van der Waals surface area contributed by atoms with Gasteiger partial charge in [-0.2, -0.15) is 0 Å². The Kier molecular flexibility index (Phi) is 6.26. The van der Waals surface area contributed by atoms with Crippen molar-refractivity contribution >= 4 is 11.9 Å². The summed E-state index contributed by atoms with van der Waals surface area (Å²) in [7, 11) is 0. The predicted molar refractivity (Wildman–Crippen MR) is 99.9 cm³/mol. The van der Waals surface area contributed by atoms with Gasteiger partial charge in [0.05, 0.1) is 6.10 Å². The number of nitrogens with one attached hydrogen (secondary N) is 1. The van der Waals surface area contributed by atoms with Crippen molar-refractivity contribution in [2.45, 2.75) is 31.9 Å². The first-order chi connectivity index (χ1) is 13.4. The number of benzene rings is 2. The molecule has 6 nitrogen and oxygen atoms in total. The van der Waals surface area contributed by atoms with E-state index in [1.807, 2.05) is 0 Å². The lowest BCUT2D eigenvalue weighted by Crippen LogP contribution is -2.33. The molecular formula is C21H22FNO5. The van der Waals surface area contributed by atoms with Gasteiger partial charge >= 0.3 is 5.97 Å². The van der Waals surface area contributed by atoms with Crippen molar-refractivity contribution in [2.75, 3.05) is 13.2 Å². The molecule has 1 aliphatic rings. The molecule has 0 saturated carbocycles. The number of ether oxygens (including phenoxy) is 2. The summed E-state index contributed by atoms with van der Waals surface area (Å²) < 4.78 is 24.6. The Morgan fingerprint density at radius 2 is 2.14 bits per heavy atom. The Hall–Kier alpha value is -2.93. The fourth-order valence-electron chi connectivity index (χ4n) is 3.04. The average Bonchev–Trinajstić information content (AvgIpc) is 3.20. The van der Waals surface area contributed by atoms with E-state index in [9.17, 15) is 19.1 Å². The van der Waals surface area contributed by atoms with E-state index in [0.717, 1.165) is 19.4 Å². The molecule has 1 saturated heterocycles. The number of carboxylic acids is 1. The number of carbonyl (C=O) groups is 2. The Morgan fingerprint density at radius 3 is 2.82 bits per heavy atom. The molecule has 2 N–H and O–H groups in total. The first-order valence-corrected chi connectivity index (χ1v) is 9.08. The van der Waals surface area contributed by atoms with Gasteiger partial charge in [0, 0.05) is 12.2 Å². The minimum absolute atomic E-state index is 0.0515. The molecule has 7 heteroatoms. The molecule has 0 radical (unpaired) electrons. The smallest absolute Gasteiger partial charge is 0.330 e. The van der Waals surface area contributed by atoms with E-state index in [1.54, 1.807) is 24.3 Å². The van der Waals surface area contributed by atoms with E-state index in [4.69, 9.17) is 9.47 Å². The fraction of sp³-hybridized carbons (Fsp3) is 0.333. The highest BCUT2D eigenvalue weighted by molar-refractivity contribution is 5.97. The maximum atomic E-state index is 13.5. The van der Waals surface area contributed by atoms with Gasteiger partial charge in [0.2, 0.25) is 0 Å². The Morgan fingerprint density at radius 1 is 1.32 bits per heavy atom. The van der Waals surface area contributed by atoms with Crippen molar-refractivity contribution in [1.29, 1.82) is 0 Å². The van der Waals surface area contributed by atoms with Crippen LogP contribution in [-0.2, 0) is 9.53 Å². The van der Waals surface area contributed by atoms with Crippen molar-refractivity contribution in [2.24, 2.45) is 0 Å². The zero-order valence-electron chi connectivity index (χ0n) is 15.5. The summed E-state index contributed by atoms with van der Waals surface area (Å²) in [6.45, 7) is 2.67. The largest absolute Gasteiger partial charge is 0.491 e. The molecule has 3 rings (SSSR count). The SMILES string of the molecule is Cc1cc(C(NC(=O)c2cccc(OCC3CCCO3)c2)C(=O)O)ccc1F. The third kappa shape index (κ3) is 4.86. The number of halogens is 1. The first-order valence-electron chi connectivity index (χ1n) is 9.08. The van der Waals surface area contributed by atoms with Crippen LogP contribution in [0.4, 0.5) is 4.39 Å². The molecule has 2 aromatic carbocycles. The third-order valence-electron chi connectivity index (χ3n) is 4.59. The van der Waals surface area contributed by atoms with E-state index >= 15 is 0 Å². The average molecular weight is 387 g/mol. The van der Waals surface area contributed by atoms with Crippen LogP contribution in [0.1, 0.15) is 40.4 Å². The number of hydrogen-bond donors (Lipinski definition) is 2. The summed E-state index contributed by atoms with van der Waals surface area (Å²) in [5.74, 6) is -1.72. The van der Waals surface area contributed by atoms with Crippen molar-refractivity contribution < 1.29 is 28.6 Å². The van der Waals surface area contributed by atoms with Crippen molar-refractivity contribution in [3.63, 3.8) is 0 Å². The van der Waals surface area contributed by atoms with Crippen LogP contribution in [0.15, 0.2) is 42.5 Å². The van der Waals surface area contributed by atoms with Crippen LogP contribution in [0.25, 0.3) is 0 Å². The van der Waals surface area contributed by atoms with Crippen LogP contribution in [0.3, 0.4) is 0 Å². The highest BCUT2D eigenvalue weighted by Crippen LogP contribution is 2.20. The third-order valence-corrected chi connectivity index (χ3v) is 4.59. The molecule has 0 aromatic heterocycles. The van der Waals surface area contributed by atoms with Crippen LogP contribution >= 0.6 is 0 Å². The minimum Gasteiger partial charge on any atom is -0.491 e. The number of hydrogen-bond acceptors (Lipinski definition) is 4. The Balaban J connectivity index is 1.70. The highest BCUT2D eigenvalue weighted by Gasteiger charge is 2.23. The molecule has 1 amide bonds. The first kappa shape index (κ1) is 19.8. The molecule has 2 aromatic rings. The van der Waals surface area contributed by atoms with Crippen LogP contribution in [0.2, 0.25) is 0 Å². The van der Waals surface area contributed by atoms with Gasteiger partial charge in [0.25, 0.3) is 5.91 Å². The molecule has 1 fully saturated rings. The second-order valence-corrected chi connectivity index (χ2v) is 6.73. The van der Waals surface area contributed by atoms with E-state index in [2.05, 4.69) is 5.32 Å². The Labute approximate surface area is 162 Å². The van der Waals surface area contributed by atoms with Gasteiger partial charge in [0.1, 0.15) is 18.2 Å². The predicted octanol–water partition coefficient (Wildman–Crippen LogP) is 3.25. The van der Waals surface area contributed by atoms with Crippen LogP contribution < -0.4 is 10.1 Å². The molecule has 0 bridgehead atoms. The van der Waals surface area contributed by atoms with Gasteiger partial charge in [-0.25, -0.2) is 9.18 Å². The molecule has 2 unspecified atom stereocenters. The number of carbonyl (C=O) groups excluding carboxylic acids is 1. The van der Waals surface area contributed by atoms with Crippen LogP contribution in [0, 0.1) is 12.7 Å². The summed E-state index contributed by atoms with van der Waals surface area (Å²) in [6.07, 6.45) is 2.00. The standard InChI is InChI=1S/C21H22FNO5/c1-13-10-14(7-8-18(13)22)19(21(25)26)23-20(24)15-4-2-5-16(11-15)28-12-17-6-3-9-27-17/h2,4-5,7-8,10-11,17,19H,3,6,9,12H2,1H3,(H,23,24)(H,25,26). The molecule has 148 valence electrons. The molecule has 0 aliphatic carbocycles. The van der Waals surface area contributed by atoms with Crippen LogP contribution in [-0.4, -0.2) is 36.3 Å². The Bertz CT molecular complexity index is 864. The van der Waals surface area contributed by atoms with E-state index < -0.39 is 23.7 Å². The lowest BCUT2D eigenvalue weighted by Gasteiger charge is -2.16. The van der Waals surface area contributed by atoms with E-state index in [-0.39, 0.29) is 11.7 Å². The number of rotatable bonds is 7. The van der Waals surface area contributed by atoms with Gasteiger partial charge in [-0.15, -0.1) is 0 Å². The fourth-order valence-corrected chi connectivity index (χ4v) is 3.04. The number of carboxylic acid groups (broad SMARTS) is 1. The van der Waals surface area contributed by atoms with Gasteiger partial charge in [0.15, 0.2) is 6.04 Å². The molecular weight excluding hydrogens is 365 g/mol. The summed E-state index contributed by atoms with van der Waals surface area (Å²) in [6, 6.07) is 9.18. The minimum atomic E-state index is -1.29. The molecule has 0 spiro atoms. The van der Waals surface area contributed by atoms with E-state index in [0.29, 0.717) is 23.5 Å². The maximum Gasteiger partial charge on any atom is 0.330 e. The molecule has 2 atom stereocenters. The van der Waals surface area contributed by atoms with Gasteiger partial charge in [-0.05, 0) is 55.2 Å². The lowest BCUT2D eigenvalue weighted by molar-refractivity contribution is -0.139. The van der Waals surface area contributed by atoms with Gasteiger partial charge in [-0.3, -0.25) is 4.79 Å². The van der Waals surface area contributed by atoms with Crippen molar-refractivity contribution in [3.8, 4) is 5.75 Å². The van der Waals surface area contributed by atoms with Crippen molar-refractivity contribution in [1.82, 2.24) is 5.32 Å². The maximum absolute atomic E-state index is 13.5. The zero-order valence-corrected chi connectivity index (χ0v) is 15.5. The number of amides is 1. The second-order valence-electron chi connectivity index (χ2n) is 6.73. The van der Waals surface area contributed by atoms with Crippen molar-refractivity contribution in [3.05, 3.63) is 65.0 Å². The normalized spacial score (nSPS) is 17.1. The summed E-state index contributed by atoms with van der Waals surface area (Å²) in [5.41, 5.74) is 0.878. The quantitative estimate of drug-likeness (QED) is 0.762.